The van der Waals surface area contributed by atoms with E-state index in [-0.39, 0.29) is 0 Å². The van der Waals surface area contributed by atoms with Gasteiger partial charge in [0.2, 0.25) is 0 Å². The summed E-state index contributed by atoms with van der Waals surface area (Å²) in [5, 5.41) is 3.33. The molecule has 2 aromatic rings. The molecule has 0 fully saturated rings. The lowest BCUT2D eigenvalue weighted by Crippen LogP contribution is -2.19. The van der Waals surface area contributed by atoms with Crippen molar-refractivity contribution in [2.24, 2.45) is 0 Å². The van der Waals surface area contributed by atoms with E-state index in [0.29, 0.717) is 6.61 Å². The van der Waals surface area contributed by atoms with E-state index in [2.05, 4.69) is 44.4 Å². The summed E-state index contributed by atoms with van der Waals surface area (Å²) in [5.74, 6) is 0.883. The molecule has 0 aliphatic carbocycles. The van der Waals surface area contributed by atoms with E-state index in [1.807, 2.05) is 24.4 Å². The van der Waals surface area contributed by atoms with E-state index < -0.39 is 0 Å². The molecule has 3 nitrogen and oxygen atoms in total. The van der Waals surface area contributed by atoms with E-state index in [4.69, 9.17) is 4.74 Å². The Hall–Kier alpha value is -1.65. The van der Waals surface area contributed by atoms with Crippen molar-refractivity contribution in [3.05, 3.63) is 64.4 Å². The van der Waals surface area contributed by atoms with Crippen LogP contribution in [0.15, 0.2) is 53.3 Å². The summed E-state index contributed by atoms with van der Waals surface area (Å²) in [7, 11) is 0. The average molecular weight is 345 g/mol. The molecule has 1 aliphatic rings. The molecule has 3 rings (SSSR count). The second-order valence-electron chi connectivity index (χ2n) is 5.01. The number of aromatic nitrogens is 1. The molecule has 0 radical (unpaired) electrons. The van der Waals surface area contributed by atoms with Gasteiger partial charge in [-0.1, -0.05) is 18.2 Å². The van der Waals surface area contributed by atoms with Crippen LogP contribution in [0.5, 0.6) is 5.75 Å². The lowest BCUT2D eigenvalue weighted by atomic mass is 10.0. The molecule has 2 heterocycles. The number of hydrogen-bond donors (Lipinski definition) is 1. The third-order valence-electron chi connectivity index (χ3n) is 3.46. The van der Waals surface area contributed by atoms with Gasteiger partial charge in [0.1, 0.15) is 12.4 Å². The number of hydrogen-bond acceptors (Lipinski definition) is 3. The molecule has 1 aliphatic heterocycles. The number of pyridine rings is 1. The number of nitrogens with one attached hydrogen (secondary N) is 1. The van der Waals surface area contributed by atoms with Gasteiger partial charge < -0.3 is 10.1 Å². The molecule has 1 aromatic carbocycles. The molecule has 0 unspecified atom stereocenters. The Balaban J connectivity index is 1.63. The molecule has 0 amide bonds. The predicted octanol–water partition coefficient (Wildman–Crippen LogP) is 3.80. The highest BCUT2D eigenvalue weighted by molar-refractivity contribution is 9.10. The van der Waals surface area contributed by atoms with Gasteiger partial charge in [0.15, 0.2) is 0 Å². The number of ether oxygens (including phenoxy) is 1. The van der Waals surface area contributed by atoms with Crippen LogP contribution in [0.25, 0.3) is 5.57 Å². The molecule has 0 bridgehead atoms. The summed E-state index contributed by atoms with van der Waals surface area (Å²) >= 11 is 3.41. The summed E-state index contributed by atoms with van der Waals surface area (Å²) in [5.41, 5.74) is 3.75. The van der Waals surface area contributed by atoms with Gasteiger partial charge in [0, 0.05) is 29.0 Å². The second kappa shape index (κ2) is 6.87. The number of nitrogens with zero attached hydrogens (tertiary/aromatic N) is 1. The van der Waals surface area contributed by atoms with Crippen LogP contribution in [0.4, 0.5) is 0 Å². The maximum Gasteiger partial charge on any atom is 0.119 e. The Morgan fingerprint density at radius 2 is 2.05 bits per heavy atom. The van der Waals surface area contributed by atoms with Crippen molar-refractivity contribution in [1.29, 1.82) is 0 Å². The maximum absolute atomic E-state index is 5.80. The van der Waals surface area contributed by atoms with Crippen LogP contribution in [0.3, 0.4) is 0 Å². The SMILES string of the molecule is Brc1cncc(COc2ccc(C3=CCNCC3)cc2)c1. The minimum Gasteiger partial charge on any atom is -0.489 e. The standard InChI is InChI=1S/C17H17BrN2O/c18-16-9-13(10-20-11-16)12-21-17-3-1-14(2-4-17)15-5-7-19-8-6-15/h1-5,9-11,19H,6-8,12H2. The Labute approximate surface area is 133 Å². The summed E-state index contributed by atoms with van der Waals surface area (Å²) < 4.78 is 6.77. The van der Waals surface area contributed by atoms with Crippen molar-refractivity contribution >= 4 is 21.5 Å². The van der Waals surface area contributed by atoms with Gasteiger partial charge in [-0.3, -0.25) is 4.98 Å². The van der Waals surface area contributed by atoms with Gasteiger partial charge in [-0.05, 0) is 58.2 Å². The molecule has 21 heavy (non-hydrogen) atoms. The first-order chi connectivity index (χ1) is 10.3. The fourth-order valence-electron chi connectivity index (χ4n) is 2.35. The van der Waals surface area contributed by atoms with Crippen LogP contribution in [0.1, 0.15) is 17.5 Å². The molecule has 1 N–H and O–H groups in total. The van der Waals surface area contributed by atoms with Crippen LogP contribution < -0.4 is 10.1 Å². The topological polar surface area (TPSA) is 34.1 Å². The highest BCUT2D eigenvalue weighted by atomic mass is 79.9. The first kappa shape index (κ1) is 14.3. The molecule has 1 aromatic heterocycles. The van der Waals surface area contributed by atoms with Gasteiger partial charge >= 0.3 is 0 Å². The molecule has 108 valence electrons. The number of halogens is 1. The lowest BCUT2D eigenvalue weighted by Gasteiger charge is -2.14. The lowest BCUT2D eigenvalue weighted by molar-refractivity contribution is 0.305. The van der Waals surface area contributed by atoms with Gasteiger partial charge in [-0.25, -0.2) is 0 Å². The van der Waals surface area contributed by atoms with E-state index in [9.17, 15) is 0 Å². The third kappa shape index (κ3) is 3.93. The quantitative estimate of drug-likeness (QED) is 0.915. The molecule has 0 atom stereocenters. The molecule has 0 spiro atoms. The summed E-state index contributed by atoms with van der Waals surface area (Å²) in [4.78, 5) is 4.13. The first-order valence-corrected chi connectivity index (χ1v) is 7.83. The fourth-order valence-corrected chi connectivity index (χ4v) is 2.76. The zero-order valence-electron chi connectivity index (χ0n) is 11.7. The summed E-state index contributed by atoms with van der Waals surface area (Å²) in [6.45, 7) is 2.54. The van der Waals surface area contributed by atoms with E-state index in [1.54, 1.807) is 6.20 Å². The molecule has 4 heteroatoms. The Morgan fingerprint density at radius 1 is 1.19 bits per heavy atom. The zero-order valence-corrected chi connectivity index (χ0v) is 13.3. The van der Waals surface area contributed by atoms with Gasteiger partial charge in [0.25, 0.3) is 0 Å². The van der Waals surface area contributed by atoms with E-state index >= 15 is 0 Å². The average Bonchev–Trinajstić information content (AvgIpc) is 2.54. The van der Waals surface area contributed by atoms with Crippen molar-refractivity contribution in [2.75, 3.05) is 13.1 Å². The van der Waals surface area contributed by atoms with Gasteiger partial charge in [-0.15, -0.1) is 0 Å². The minimum absolute atomic E-state index is 0.526. The minimum atomic E-state index is 0.526. The third-order valence-corrected chi connectivity index (χ3v) is 3.89. The van der Waals surface area contributed by atoms with Gasteiger partial charge in [-0.2, -0.15) is 0 Å². The Bertz CT molecular complexity index is 637. The van der Waals surface area contributed by atoms with Crippen LogP contribution >= 0.6 is 15.9 Å². The van der Waals surface area contributed by atoms with Crippen molar-refractivity contribution in [2.45, 2.75) is 13.0 Å². The van der Waals surface area contributed by atoms with Crippen LogP contribution in [-0.2, 0) is 6.61 Å². The molecule has 0 saturated carbocycles. The second-order valence-corrected chi connectivity index (χ2v) is 5.92. The van der Waals surface area contributed by atoms with Crippen LogP contribution in [-0.4, -0.2) is 18.1 Å². The van der Waals surface area contributed by atoms with Gasteiger partial charge in [0.05, 0.1) is 0 Å². The van der Waals surface area contributed by atoms with E-state index in [1.165, 1.54) is 11.1 Å². The smallest absolute Gasteiger partial charge is 0.119 e. The van der Waals surface area contributed by atoms with Crippen LogP contribution in [0.2, 0.25) is 0 Å². The van der Waals surface area contributed by atoms with Crippen LogP contribution in [0, 0.1) is 0 Å². The summed E-state index contributed by atoms with van der Waals surface area (Å²) in [6, 6.07) is 10.3. The fraction of sp³-hybridized carbons (Fsp3) is 0.235. The van der Waals surface area contributed by atoms with Crippen molar-refractivity contribution in [3.8, 4) is 5.75 Å². The Kier molecular flexibility index (Phi) is 4.68. The summed E-state index contributed by atoms with van der Waals surface area (Å²) in [6.07, 6.45) is 6.93. The first-order valence-electron chi connectivity index (χ1n) is 7.04. The molecular weight excluding hydrogens is 328 g/mol. The highest BCUT2D eigenvalue weighted by Crippen LogP contribution is 2.23. The molecule has 0 saturated heterocycles. The van der Waals surface area contributed by atoms with Crippen molar-refractivity contribution < 1.29 is 4.74 Å². The maximum atomic E-state index is 5.80. The number of rotatable bonds is 4. The van der Waals surface area contributed by atoms with Crippen molar-refractivity contribution in [1.82, 2.24) is 10.3 Å². The molecular formula is C17H17BrN2O. The Morgan fingerprint density at radius 3 is 2.76 bits per heavy atom. The normalized spacial score (nSPS) is 14.6. The zero-order chi connectivity index (χ0) is 14.5. The van der Waals surface area contributed by atoms with Crippen molar-refractivity contribution in [3.63, 3.8) is 0 Å². The predicted molar refractivity (Wildman–Crippen MR) is 88.2 cm³/mol. The monoisotopic (exact) mass is 344 g/mol. The largest absolute Gasteiger partial charge is 0.489 e. The number of benzene rings is 1. The van der Waals surface area contributed by atoms with E-state index in [0.717, 1.165) is 35.3 Å². The highest BCUT2D eigenvalue weighted by Gasteiger charge is 2.05.